The van der Waals surface area contributed by atoms with Gasteiger partial charge in [-0.25, -0.2) is 21.6 Å². The quantitative estimate of drug-likeness (QED) is 0.787. The van der Waals surface area contributed by atoms with Crippen molar-refractivity contribution in [2.75, 3.05) is 18.1 Å². The maximum absolute atomic E-state index is 12.3. The molecule has 1 aromatic rings. The number of rotatable bonds is 6. The molecule has 0 saturated carbocycles. The lowest BCUT2D eigenvalue weighted by Gasteiger charge is -2.22. The van der Waals surface area contributed by atoms with Gasteiger partial charge in [0.1, 0.15) is 4.21 Å². The molecular formula is C12H20N2O4S3. The van der Waals surface area contributed by atoms with Crippen LogP contribution in [0.25, 0.3) is 0 Å². The van der Waals surface area contributed by atoms with Crippen LogP contribution >= 0.6 is 11.3 Å². The minimum absolute atomic E-state index is 0.109. The molecule has 1 aromatic heterocycles. The first-order chi connectivity index (χ1) is 9.82. The molecule has 0 spiro atoms. The van der Waals surface area contributed by atoms with Gasteiger partial charge in [0.05, 0.1) is 11.5 Å². The molecule has 1 atom stereocenters. The van der Waals surface area contributed by atoms with Gasteiger partial charge in [0.25, 0.3) is 0 Å². The normalized spacial score (nSPS) is 22.2. The maximum atomic E-state index is 12.3. The smallest absolute Gasteiger partial charge is 0.250 e. The third-order valence-electron chi connectivity index (χ3n) is 3.24. The van der Waals surface area contributed by atoms with Crippen molar-refractivity contribution in [2.45, 2.75) is 36.6 Å². The van der Waals surface area contributed by atoms with Gasteiger partial charge in [-0.1, -0.05) is 6.92 Å². The van der Waals surface area contributed by atoms with E-state index in [2.05, 4.69) is 10.0 Å². The van der Waals surface area contributed by atoms with Crippen LogP contribution in [0.1, 0.15) is 24.6 Å². The van der Waals surface area contributed by atoms with Gasteiger partial charge in [-0.3, -0.25) is 0 Å². The highest BCUT2D eigenvalue weighted by molar-refractivity contribution is 7.92. The summed E-state index contributed by atoms with van der Waals surface area (Å²) >= 11 is 1.21. The summed E-state index contributed by atoms with van der Waals surface area (Å²) in [5.41, 5.74) is 0. The molecule has 1 aliphatic heterocycles. The molecular weight excluding hydrogens is 332 g/mol. The minimum Gasteiger partial charge on any atom is -0.312 e. The van der Waals surface area contributed by atoms with Crippen LogP contribution in [0.3, 0.4) is 0 Å². The van der Waals surface area contributed by atoms with E-state index in [1.54, 1.807) is 12.1 Å². The van der Waals surface area contributed by atoms with Gasteiger partial charge in [-0.2, -0.15) is 0 Å². The monoisotopic (exact) mass is 352 g/mol. The Kier molecular flexibility index (Phi) is 5.42. The number of hydrogen-bond donors (Lipinski definition) is 2. The van der Waals surface area contributed by atoms with Gasteiger partial charge in [-0.15, -0.1) is 11.3 Å². The second-order valence-corrected chi connectivity index (χ2v) is 10.4. The van der Waals surface area contributed by atoms with Crippen LogP contribution in [-0.2, 0) is 26.4 Å². The molecule has 120 valence electrons. The van der Waals surface area contributed by atoms with E-state index in [0.717, 1.165) is 11.4 Å². The molecule has 0 bridgehead atoms. The highest BCUT2D eigenvalue weighted by Crippen LogP contribution is 2.23. The van der Waals surface area contributed by atoms with Crippen molar-refractivity contribution in [3.05, 3.63) is 17.0 Å². The molecule has 21 heavy (non-hydrogen) atoms. The van der Waals surface area contributed by atoms with Gasteiger partial charge < -0.3 is 5.32 Å². The molecule has 1 fully saturated rings. The van der Waals surface area contributed by atoms with Crippen LogP contribution in [0, 0.1) is 0 Å². The summed E-state index contributed by atoms with van der Waals surface area (Å²) in [6.07, 6.45) is 1.07. The highest BCUT2D eigenvalue weighted by Gasteiger charge is 2.29. The molecule has 1 unspecified atom stereocenters. The van der Waals surface area contributed by atoms with Crippen LogP contribution in [-0.4, -0.2) is 40.9 Å². The zero-order valence-electron chi connectivity index (χ0n) is 11.8. The van der Waals surface area contributed by atoms with Gasteiger partial charge in [0, 0.05) is 17.5 Å². The predicted octanol–water partition coefficient (Wildman–Crippen LogP) is 0.713. The minimum atomic E-state index is -3.64. The third-order valence-corrected chi connectivity index (χ3v) is 8.15. The van der Waals surface area contributed by atoms with E-state index in [4.69, 9.17) is 0 Å². The van der Waals surface area contributed by atoms with Gasteiger partial charge >= 0.3 is 0 Å². The van der Waals surface area contributed by atoms with E-state index in [1.165, 1.54) is 11.3 Å². The Morgan fingerprint density at radius 2 is 2.14 bits per heavy atom. The van der Waals surface area contributed by atoms with Crippen LogP contribution in [0.15, 0.2) is 16.3 Å². The summed E-state index contributed by atoms with van der Waals surface area (Å²) in [5, 5.41) is 3.14. The second-order valence-electron chi connectivity index (χ2n) is 5.08. The van der Waals surface area contributed by atoms with Gasteiger partial charge in [0.15, 0.2) is 9.84 Å². The summed E-state index contributed by atoms with van der Waals surface area (Å²) in [5.74, 6) is 0.0406. The average Bonchev–Trinajstić information content (AvgIpc) is 2.84. The summed E-state index contributed by atoms with van der Waals surface area (Å²) < 4.78 is 50.4. The average molecular weight is 353 g/mol. The molecule has 0 aromatic carbocycles. The molecule has 0 radical (unpaired) electrons. The lowest BCUT2D eigenvalue weighted by atomic mass is 10.2. The summed E-state index contributed by atoms with van der Waals surface area (Å²) in [4.78, 5) is 0.938. The fraction of sp³-hybridized carbons (Fsp3) is 0.667. The summed E-state index contributed by atoms with van der Waals surface area (Å²) in [6.45, 7) is 3.43. The number of thiophene rings is 1. The Labute approximate surface area is 129 Å². The highest BCUT2D eigenvalue weighted by atomic mass is 32.2. The van der Waals surface area contributed by atoms with Crippen LogP contribution in [0.4, 0.5) is 0 Å². The first-order valence-electron chi connectivity index (χ1n) is 6.84. The molecule has 2 heterocycles. The summed E-state index contributed by atoms with van der Waals surface area (Å²) in [6, 6.07) is 2.82. The van der Waals surface area contributed by atoms with E-state index >= 15 is 0 Å². The van der Waals surface area contributed by atoms with E-state index in [1.807, 2.05) is 6.92 Å². The molecule has 2 rings (SSSR count). The van der Waals surface area contributed by atoms with E-state index in [9.17, 15) is 16.8 Å². The number of hydrogen-bond acceptors (Lipinski definition) is 6. The largest absolute Gasteiger partial charge is 0.312 e. The molecule has 6 nitrogen and oxygen atoms in total. The second kappa shape index (κ2) is 6.74. The Morgan fingerprint density at radius 3 is 2.81 bits per heavy atom. The van der Waals surface area contributed by atoms with E-state index in [-0.39, 0.29) is 15.7 Å². The standard InChI is InChI=1S/C12H20N2O4S3/c1-2-13-8-11-5-6-12(19-11)21(17,18)14-10-4-3-7-20(15,16)9-10/h5-6,10,13-14H,2-4,7-9H2,1H3. The van der Waals surface area contributed by atoms with Crippen LogP contribution in [0.5, 0.6) is 0 Å². The Hall–Kier alpha value is -0.480. The predicted molar refractivity (Wildman–Crippen MR) is 83.7 cm³/mol. The molecule has 0 amide bonds. The van der Waals surface area contributed by atoms with Crippen molar-refractivity contribution in [3.8, 4) is 0 Å². The number of sulfonamides is 1. The van der Waals surface area contributed by atoms with E-state index < -0.39 is 25.9 Å². The molecule has 1 saturated heterocycles. The van der Waals surface area contributed by atoms with E-state index in [0.29, 0.717) is 19.4 Å². The topological polar surface area (TPSA) is 92.3 Å². The van der Waals surface area contributed by atoms with Crippen molar-refractivity contribution in [3.63, 3.8) is 0 Å². The Bertz CT molecular complexity index is 679. The third kappa shape index (κ3) is 4.75. The van der Waals surface area contributed by atoms with Gasteiger partial charge in [0.2, 0.25) is 10.0 Å². The lowest BCUT2D eigenvalue weighted by Crippen LogP contribution is -2.42. The van der Waals surface area contributed by atoms with Crippen molar-refractivity contribution in [1.82, 2.24) is 10.0 Å². The maximum Gasteiger partial charge on any atom is 0.250 e. The van der Waals surface area contributed by atoms with Gasteiger partial charge in [-0.05, 0) is 31.5 Å². The first kappa shape index (κ1) is 16.9. The molecule has 1 aliphatic rings. The fourth-order valence-electron chi connectivity index (χ4n) is 2.24. The summed E-state index contributed by atoms with van der Waals surface area (Å²) in [7, 11) is -6.76. The molecule has 2 N–H and O–H groups in total. The number of sulfone groups is 1. The first-order valence-corrected chi connectivity index (χ1v) is 11.0. The Balaban J connectivity index is 2.06. The van der Waals surface area contributed by atoms with Crippen molar-refractivity contribution in [1.29, 1.82) is 0 Å². The van der Waals surface area contributed by atoms with Crippen LogP contribution in [0.2, 0.25) is 0 Å². The molecule has 9 heteroatoms. The zero-order chi connectivity index (χ0) is 15.5. The molecule has 0 aliphatic carbocycles. The van der Waals surface area contributed by atoms with Crippen molar-refractivity contribution in [2.24, 2.45) is 0 Å². The lowest BCUT2D eigenvalue weighted by molar-refractivity contribution is 0.518. The SMILES string of the molecule is CCNCc1ccc(S(=O)(=O)NC2CCCS(=O)(=O)C2)s1. The Morgan fingerprint density at radius 1 is 1.38 bits per heavy atom. The fourth-order valence-corrected chi connectivity index (χ4v) is 6.59. The van der Waals surface area contributed by atoms with Crippen LogP contribution < -0.4 is 10.0 Å². The zero-order valence-corrected chi connectivity index (χ0v) is 14.3. The van der Waals surface area contributed by atoms with Crippen molar-refractivity contribution < 1.29 is 16.8 Å². The van der Waals surface area contributed by atoms with Crippen molar-refractivity contribution >= 4 is 31.2 Å². The number of nitrogens with one attached hydrogen (secondary N) is 2.